The first-order valence-corrected chi connectivity index (χ1v) is 41.4. The molecule has 558 valence electrons. The Hall–Kier alpha value is -2.38. The van der Waals surface area contributed by atoms with Crippen LogP contribution in [0.4, 0.5) is 0 Å². The molecule has 0 aromatic rings. The third-order valence-corrected chi connectivity index (χ3v) is 19.6. The number of unbranched alkanes of at least 4 members (excludes halogenated alkanes) is 54. The zero-order chi connectivity index (χ0) is 68.6. The van der Waals surface area contributed by atoms with Crippen LogP contribution in [0.5, 0.6) is 0 Å². The van der Waals surface area contributed by atoms with Crippen molar-refractivity contribution >= 4 is 11.9 Å². The summed E-state index contributed by atoms with van der Waals surface area (Å²) in [5.41, 5.74) is 0. The van der Waals surface area contributed by atoms with Crippen molar-refractivity contribution in [2.45, 2.75) is 455 Å². The first kappa shape index (κ1) is 90.6. The minimum atomic E-state index is -1.58. The van der Waals surface area contributed by atoms with Gasteiger partial charge in [-0.25, -0.2) is 0 Å². The molecule has 1 amide bonds. The van der Waals surface area contributed by atoms with Gasteiger partial charge in [0.15, 0.2) is 6.29 Å². The summed E-state index contributed by atoms with van der Waals surface area (Å²) < 4.78 is 16.8. The average molecular weight is 1340 g/mol. The Morgan fingerprint density at radius 3 is 1.08 bits per heavy atom. The molecule has 1 aliphatic rings. The number of rotatable bonds is 74. The van der Waals surface area contributed by atoms with E-state index in [0.29, 0.717) is 19.4 Å². The van der Waals surface area contributed by atoms with E-state index in [1.54, 1.807) is 6.08 Å². The topological polar surface area (TPSA) is 175 Å². The van der Waals surface area contributed by atoms with Gasteiger partial charge in [-0.3, -0.25) is 9.59 Å². The predicted octanol–water partition coefficient (Wildman–Crippen LogP) is 22.6. The summed E-state index contributed by atoms with van der Waals surface area (Å²) in [4.78, 5) is 25.2. The fourth-order valence-corrected chi connectivity index (χ4v) is 13.2. The van der Waals surface area contributed by atoms with Crippen LogP contribution >= 0.6 is 0 Å². The molecule has 0 bridgehead atoms. The summed E-state index contributed by atoms with van der Waals surface area (Å²) in [6.07, 6.45) is 87.5. The molecule has 0 spiro atoms. The highest BCUT2D eigenvalue weighted by Gasteiger charge is 2.44. The zero-order valence-corrected chi connectivity index (χ0v) is 62.4. The molecular formula is C84H157NO10. The van der Waals surface area contributed by atoms with Crippen LogP contribution in [0.2, 0.25) is 0 Å². The Morgan fingerprint density at radius 2 is 0.705 bits per heavy atom. The van der Waals surface area contributed by atoms with Crippen LogP contribution in [0, 0.1) is 0 Å². The van der Waals surface area contributed by atoms with Crippen LogP contribution in [0.15, 0.2) is 48.6 Å². The molecule has 1 saturated heterocycles. The largest absolute Gasteiger partial charge is 0.466 e. The second-order valence-corrected chi connectivity index (χ2v) is 28.8. The van der Waals surface area contributed by atoms with Gasteiger partial charge in [-0.15, -0.1) is 0 Å². The number of carbonyl (C=O) groups excluding carboxylic acids is 2. The van der Waals surface area contributed by atoms with Gasteiger partial charge < -0.3 is 45.1 Å². The minimum absolute atomic E-state index is 0.0211. The number of aliphatic hydroxyl groups excluding tert-OH is 5. The van der Waals surface area contributed by atoms with Gasteiger partial charge in [0.1, 0.15) is 24.4 Å². The van der Waals surface area contributed by atoms with Crippen molar-refractivity contribution in [1.82, 2.24) is 5.32 Å². The highest BCUT2D eigenvalue weighted by atomic mass is 16.7. The van der Waals surface area contributed by atoms with E-state index in [0.717, 1.165) is 70.6 Å². The van der Waals surface area contributed by atoms with E-state index >= 15 is 0 Å². The van der Waals surface area contributed by atoms with Crippen LogP contribution < -0.4 is 5.32 Å². The maximum atomic E-state index is 13.1. The lowest BCUT2D eigenvalue weighted by molar-refractivity contribution is -0.302. The molecule has 0 saturated carbocycles. The molecule has 95 heavy (non-hydrogen) atoms. The number of allylic oxidation sites excluding steroid dienone is 7. The number of ether oxygens (including phenoxy) is 3. The molecule has 1 fully saturated rings. The van der Waals surface area contributed by atoms with Crippen molar-refractivity contribution in [3.8, 4) is 0 Å². The molecule has 0 aromatic heterocycles. The van der Waals surface area contributed by atoms with Gasteiger partial charge in [-0.05, 0) is 77.0 Å². The van der Waals surface area contributed by atoms with Crippen molar-refractivity contribution in [3.05, 3.63) is 48.6 Å². The average Bonchev–Trinajstić information content (AvgIpc) is 0.858. The standard InChI is InChI=1S/C84H157NO10/c1-3-5-7-9-11-13-15-16-17-41-45-48-52-56-60-64-68-72-80(89)93-73-69-65-61-57-53-49-46-43-40-38-36-34-32-30-28-26-24-22-20-18-19-21-23-25-27-29-31-33-35-37-39-42-44-47-51-55-59-63-67-71-79(88)85-76(75-94-84-83(92)82(91)81(90)78(74-86)95-84)77(87)70-66-62-58-54-50-14-12-10-8-6-4-2/h8,10,18-19,50,54,66,70,76-78,81-84,86-87,90-92H,3-7,9,11-17,20-49,51-53,55-65,67-69,71-75H2,1-2H3,(H,85,88)/b10-8+,19-18-,54-50+,70-66+. The van der Waals surface area contributed by atoms with E-state index < -0.39 is 49.5 Å². The molecule has 11 nitrogen and oxygen atoms in total. The third kappa shape index (κ3) is 61.2. The van der Waals surface area contributed by atoms with E-state index in [1.807, 2.05) is 6.08 Å². The molecule has 0 aliphatic carbocycles. The van der Waals surface area contributed by atoms with Crippen molar-refractivity contribution in [3.63, 3.8) is 0 Å². The Kier molecular flexibility index (Phi) is 69.5. The number of hydrogen-bond donors (Lipinski definition) is 6. The minimum Gasteiger partial charge on any atom is -0.466 e. The molecule has 0 aromatic carbocycles. The highest BCUT2D eigenvalue weighted by molar-refractivity contribution is 5.76. The maximum Gasteiger partial charge on any atom is 0.305 e. The summed E-state index contributed by atoms with van der Waals surface area (Å²) in [6.45, 7) is 4.30. The normalized spacial score (nSPS) is 17.6. The molecule has 1 heterocycles. The number of nitrogens with one attached hydrogen (secondary N) is 1. The number of hydrogen-bond acceptors (Lipinski definition) is 10. The third-order valence-electron chi connectivity index (χ3n) is 19.6. The summed E-state index contributed by atoms with van der Waals surface area (Å²) in [5, 5.41) is 54.4. The van der Waals surface area contributed by atoms with E-state index in [2.05, 4.69) is 55.6 Å². The van der Waals surface area contributed by atoms with Crippen LogP contribution in [0.3, 0.4) is 0 Å². The quantitative estimate of drug-likeness (QED) is 0.0195. The molecule has 1 rings (SSSR count). The van der Waals surface area contributed by atoms with Gasteiger partial charge in [-0.2, -0.15) is 0 Å². The van der Waals surface area contributed by atoms with E-state index in [1.165, 1.54) is 315 Å². The van der Waals surface area contributed by atoms with Gasteiger partial charge in [0.2, 0.25) is 5.91 Å². The number of aliphatic hydroxyl groups is 5. The lowest BCUT2D eigenvalue weighted by atomic mass is 9.99. The smallest absolute Gasteiger partial charge is 0.305 e. The number of amides is 1. The monoisotopic (exact) mass is 1340 g/mol. The fourth-order valence-electron chi connectivity index (χ4n) is 13.2. The molecule has 7 atom stereocenters. The molecule has 0 radical (unpaired) electrons. The van der Waals surface area contributed by atoms with E-state index in [9.17, 15) is 35.1 Å². The SMILES string of the molecule is CCC/C=C/CC/C=C/CC/C=C/C(O)C(COC1OC(CO)C(O)C(O)C1O)NC(=O)CCCCCCCCCCCCCCCCCCC/C=C\CCCCCCCCCCCCCCCCCCCCOC(=O)CCCCCCCCCCCCCCCCCCC. The van der Waals surface area contributed by atoms with Crippen molar-refractivity contribution in [1.29, 1.82) is 0 Å². The Labute approximate surface area is 586 Å². The Balaban J connectivity index is 1.86. The lowest BCUT2D eigenvalue weighted by Gasteiger charge is -2.40. The van der Waals surface area contributed by atoms with E-state index in [4.69, 9.17) is 14.2 Å². The van der Waals surface area contributed by atoms with Crippen LogP contribution in [-0.4, -0.2) is 100 Å². The zero-order valence-electron chi connectivity index (χ0n) is 62.4. The predicted molar refractivity (Wildman–Crippen MR) is 403 cm³/mol. The Morgan fingerprint density at radius 1 is 0.379 bits per heavy atom. The van der Waals surface area contributed by atoms with Gasteiger partial charge in [-0.1, -0.05) is 371 Å². The van der Waals surface area contributed by atoms with E-state index in [-0.39, 0.29) is 18.5 Å². The van der Waals surface area contributed by atoms with Gasteiger partial charge in [0.05, 0.1) is 32.0 Å². The Bertz CT molecular complexity index is 1720. The molecule has 6 N–H and O–H groups in total. The van der Waals surface area contributed by atoms with Gasteiger partial charge >= 0.3 is 5.97 Å². The first-order valence-electron chi connectivity index (χ1n) is 41.4. The molecule has 1 aliphatic heterocycles. The van der Waals surface area contributed by atoms with Crippen molar-refractivity contribution in [2.75, 3.05) is 19.8 Å². The second kappa shape index (κ2) is 72.9. The molecular weight excluding hydrogens is 1180 g/mol. The first-order chi connectivity index (χ1) is 46.7. The molecule has 7 unspecified atom stereocenters. The number of carbonyl (C=O) groups is 2. The summed E-state index contributed by atoms with van der Waals surface area (Å²) in [5.74, 6) is -0.171. The second-order valence-electron chi connectivity index (χ2n) is 28.8. The lowest BCUT2D eigenvalue weighted by Crippen LogP contribution is -2.60. The fraction of sp³-hybridized carbons (Fsp3) is 0.881. The van der Waals surface area contributed by atoms with Crippen LogP contribution in [0.1, 0.15) is 412 Å². The summed E-state index contributed by atoms with van der Waals surface area (Å²) >= 11 is 0. The summed E-state index contributed by atoms with van der Waals surface area (Å²) in [7, 11) is 0. The van der Waals surface area contributed by atoms with Crippen molar-refractivity contribution in [2.24, 2.45) is 0 Å². The number of esters is 1. The van der Waals surface area contributed by atoms with Gasteiger partial charge in [0.25, 0.3) is 0 Å². The van der Waals surface area contributed by atoms with Crippen molar-refractivity contribution < 1.29 is 49.3 Å². The van der Waals surface area contributed by atoms with Crippen LogP contribution in [-0.2, 0) is 23.8 Å². The molecule has 11 heteroatoms. The summed E-state index contributed by atoms with van der Waals surface area (Å²) in [6, 6.07) is -0.831. The van der Waals surface area contributed by atoms with Crippen LogP contribution in [0.25, 0.3) is 0 Å². The highest BCUT2D eigenvalue weighted by Crippen LogP contribution is 2.24. The van der Waals surface area contributed by atoms with Gasteiger partial charge in [0, 0.05) is 12.8 Å². The maximum absolute atomic E-state index is 13.1.